The monoisotopic (exact) mass is 327 g/mol. The van der Waals surface area contributed by atoms with Gasteiger partial charge >= 0.3 is 0 Å². The molecule has 0 aliphatic carbocycles. The van der Waals surface area contributed by atoms with Gasteiger partial charge in [-0.3, -0.25) is 9.59 Å². The second-order valence-corrected chi connectivity index (χ2v) is 4.88. The molecule has 0 radical (unpaired) electrons. The molecule has 3 rings (SSSR count). The zero-order valence-electron chi connectivity index (χ0n) is 12.0. The number of nitrogens with zero attached hydrogens (tertiary/aromatic N) is 1. The molecule has 0 unspecified atom stereocenters. The lowest BCUT2D eigenvalue weighted by Gasteiger charge is -2.27. The van der Waals surface area contributed by atoms with Crippen molar-refractivity contribution in [1.82, 2.24) is 15.5 Å². The Labute approximate surface area is 134 Å². The molecule has 0 saturated carbocycles. The molecule has 2 N–H and O–H groups in total. The Kier molecular flexibility index (Phi) is 5.46. The predicted octanol–water partition coefficient (Wildman–Crippen LogP) is -0.00130. The molecule has 2 heterocycles. The van der Waals surface area contributed by atoms with Crippen molar-refractivity contribution in [2.45, 2.75) is 0 Å². The van der Waals surface area contributed by atoms with Gasteiger partial charge < -0.3 is 25.0 Å². The van der Waals surface area contributed by atoms with Crippen LogP contribution < -0.4 is 20.1 Å². The number of benzene rings is 1. The fraction of sp³-hybridized carbons (Fsp3) is 0.429. The molecule has 2 amide bonds. The van der Waals surface area contributed by atoms with E-state index in [-0.39, 0.29) is 37.6 Å². The van der Waals surface area contributed by atoms with E-state index in [9.17, 15) is 9.59 Å². The lowest BCUT2D eigenvalue weighted by molar-refractivity contribution is -0.130. The van der Waals surface area contributed by atoms with Crippen LogP contribution in [0.1, 0.15) is 10.4 Å². The Morgan fingerprint density at radius 1 is 1.18 bits per heavy atom. The van der Waals surface area contributed by atoms with Crippen molar-refractivity contribution in [3.63, 3.8) is 0 Å². The van der Waals surface area contributed by atoms with Crippen LogP contribution in [0, 0.1) is 0 Å². The van der Waals surface area contributed by atoms with Gasteiger partial charge in [-0.15, -0.1) is 12.4 Å². The summed E-state index contributed by atoms with van der Waals surface area (Å²) in [6.07, 6.45) is 0. The quantitative estimate of drug-likeness (QED) is 0.817. The van der Waals surface area contributed by atoms with Crippen LogP contribution in [0.2, 0.25) is 0 Å². The van der Waals surface area contributed by atoms with Crippen molar-refractivity contribution in [1.29, 1.82) is 0 Å². The van der Waals surface area contributed by atoms with Crippen molar-refractivity contribution in [2.75, 3.05) is 39.5 Å². The van der Waals surface area contributed by atoms with E-state index in [1.165, 1.54) is 0 Å². The Morgan fingerprint density at radius 3 is 2.68 bits per heavy atom. The number of piperazine rings is 1. The van der Waals surface area contributed by atoms with E-state index in [1.807, 2.05) is 0 Å². The lowest BCUT2D eigenvalue weighted by atomic mass is 10.2. The molecule has 2 aliphatic rings. The van der Waals surface area contributed by atoms with Crippen molar-refractivity contribution in [3.05, 3.63) is 23.8 Å². The van der Waals surface area contributed by atoms with Gasteiger partial charge in [0, 0.05) is 31.7 Å². The minimum absolute atomic E-state index is 0. The zero-order valence-corrected chi connectivity index (χ0v) is 12.8. The summed E-state index contributed by atoms with van der Waals surface area (Å²) < 4.78 is 10.4. The SMILES string of the molecule is Cl.O=C(NCC(=O)N1CCNCC1)c1ccc2c(c1)OCO2. The van der Waals surface area contributed by atoms with Crippen LogP contribution in [0.5, 0.6) is 11.5 Å². The fourth-order valence-electron chi connectivity index (χ4n) is 2.32. The van der Waals surface area contributed by atoms with Crippen LogP contribution in [0.25, 0.3) is 0 Å². The number of hydrogen-bond acceptors (Lipinski definition) is 5. The third-order valence-electron chi connectivity index (χ3n) is 3.50. The topological polar surface area (TPSA) is 79.9 Å². The van der Waals surface area contributed by atoms with E-state index < -0.39 is 0 Å². The molecule has 22 heavy (non-hydrogen) atoms. The first-order valence-corrected chi connectivity index (χ1v) is 6.90. The average molecular weight is 328 g/mol. The van der Waals surface area contributed by atoms with Crippen molar-refractivity contribution < 1.29 is 19.1 Å². The second kappa shape index (κ2) is 7.33. The van der Waals surface area contributed by atoms with E-state index >= 15 is 0 Å². The molecule has 0 atom stereocenters. The van der Waals surface area contributed by atoms with Gasteiger partial charge in [0.25, 0.3) is 5.91 Å². The standard InChI is InChI=1S/C14H17N3O4.ClH/c18-13(17-5-3-15-4-6-17)8-16-14(19)10-1-2-11-12(7-10)21-9-20-11;/h1-2,7,15H,3-6,8-9H2,(H,16,19);1H. The first-order chi connectivity index (χ1) is 10.2. The van der Waals surface area contributed by atoms with E-state index in [4.69, 9.17) is 9.47 Å². The third kappa shape index (κ3) is 3.61. The highest BCUT2D eigenvalue weighted by Crippen LogP contribution is 2.32. The largest absolute Gasteiger partial charge is 0.454 e. The second-order valence-electron chi connectivity index (χ2n) is 4.88. The molecule has 2 aliphatic heterocycles. The maximum Gasteiger partial charge on any atom is 0.251 e. The highest BCUT2D eigenvalue weighted by Gasteiger charge is 2.19. The molecule has 1 aromatic carbocycles. The Morgan fingerprint density at radius 2 is 1.91 bits per heavy atom. The molecule has 0 bridgehead atoms. The Hall–Kier alpha value is -1.99. The Balaban J connectivity index is 0.00000176. The molecule has 120 valence electrons. The van der Waals surface area contributed by atoms with E-state index in [0.29, 0.717) is 30.2 Å². The van der Waals surface area contributed by atoms with Gasteiger partial charge in [-0.1, -0.05) is 0 Å². The molecule has 7 nitrogen and oxygen atoms in total. The molecule has 1 aromatic rings. The molecular formula is C14H18ClN3O4. The molecule has 1 saturated heterocycles. The van der Waals surface area contributed by atoms with Gasteiger partial charge in [0.05, 0.1) is 6.54 Å². The van der Waals surface area contributed by atoms with Crippen LogP contribution in [0.3, 0.4) is 0 Å². The number of hydrogen-bond donors (Lipinski definition) is 2. The van der Waals surface area contributed by atoms with Crippen LogP contribution in [-0.2, 0) is 4.79 Å². The van der Waals surface area contributed by atoms with Gasteiger partial charge in [-0.25, -0.2) is 0 Å². The number of nitrogens with one attached hydrogen (secondary N) is 2. The summed E-state index contributed by atoms with van der Waals surface area (Å²) in [5.74, 6) is 0.821. The summed E-state index contributed by atoms with van der Waals surface area (Å²) in [5, 5.41) is 5.82. The van der Waals surface area contributed by atoms with Gasteiger partial charge in [0.2, 0.25) is 12.7 Å². The maximum atomic E-state index is 12.0. The van der Waals surface area contributed by atoms with Gasteiger partial charge in [0.1, 0.15) is 0 Å². The molecule has 0 aromatic heterocycles. The number of rotatable bonds is 3. The highest BCUT2D eigenvalue weighted by atomic mass is 35.5. The van der Waals surface area contributed by atoms with E-state index in [1.54, 1.807) is 23.1 Å². The maximum absolute atomic E-state index is 12.0. The minimum atomic E-state index is -0.295. The number of carbonyl (C=O) groups excluding carboxylic acids is 2. The summed E-state index contributed by atoms with van der Waals surface area (Å²) in [7, 11) is 0. The third-order valence-corrected chi connectivity index (χ3v) is 3.50. The smallest absolute Gasteiger partial charge is 0.251 e. The zero-order chi connectivity index (χ0) is 14.7. The van der Waals surface area contributed by atoms with E-state index in [0.717, 1.165) is 13.1 Å². The van der Waals surface area contributed by atoms with Crippen molar-refractivity contribution >= 4 is 24.2 Å². The molecule has 1 fully saturated rings. The van der Waals surface area contributed by atoms with Crippen LogP contribution >= 0.6 is 12.4 Å². The number of carbonyl (C=O) groups is 2. The fourth-order valence-corrected chi connectivity index (χ4v) is 2.32. The number of amides is 2. The Bertz CT molecular complexity index is 561. The average Bonchev–Trinajstić information content (AvgIpc) is 3.00. The molecular weight excluding hydrogens is 310 g/mol. The van der Waals surface area contributed by atoms with Gasteiger partial charge in [-0.2, -0.15) is 0 Å². The van der Waals surface area contributed by atoms with Crippen molar-refractivity contribution in [2.24, 2.45) is 0 Å². The first-order valence-electron chi connectivity index (χ1n) is 6.90. The summed E-state index contributed by atoms with van der Waals surface area (Å²) >= 11 is 0. The molecule has 8 heteroatoms. The first kappa shape index (κ1) is 16.4. The summed E-state index contributed by atoms with van der Waals surface area (Å²) in [6.45, 7) is 3.12. The minimum Gasteiger partial charge on any atom is -0.454 e. The van der Waals surface area contributed by atoms with Crippen LogP contribution in [0.4, 0.5) is 0 Å². The predicted molar refractivity (Wildman–Crippen MR) is 81.6 cm³/mol. The number of ether oxygens (including phenoxy) is 2. The van der Waals surface area contributed by atoms with Crippen LogP contribution in [-0.4, -0.2) is 56.2 Å². The van der Waals surface area contributed by atoms with Crippen LogP contribution in [0.15, 0.2) is 18.2 Å². The lowest BCUT2D eigenvalue weighted by Crippen LogP contribution is -2.49. The van der Waals surface area contributed by atoms with Crippen molar-refractivity contribution in [3.8, 4) is 11.5 Å². The van der Waals surface area contributed by atoms with Gasteiger partial charge in [-0.05, 0) is 18.2 Å². The summed E-state index contributed by atoms with van der Waals surface area (Å²) in [4.78, 5) is 25.7. The number of fused-ring (bicyclic) bond motifs is 1. The normalized spacial score (nSPS) is 15.9. The highest BCUT2D eigenvalue weighted by molar-refractivity contribution is 5.97. The van der Waals surface area contributed by atoms with Gasteiger partial charge in [0.15, 0.2) is 11.5 Å². The summed E-state index contributed by atoms with van der Waals surface area (Å²) in [5.41, 5.74) is 0.451. The van der Waals surface area contributed by atoms with E-state index in [2.05, 4.69) is 10.6 Å². The summed E-state index contributed by atoms with van der Waals surface area (Å²) in [6, 6.07) is 4.96. The number of halogens is 1. The molecule has 0 spiro atoms.